The first-order chi connectivity index (χ1) is 7.83. The van der Waals surface area contributed by atoms with Crippen molar-refractivity contribution in [2.24, 2.45) is 0 Å². The van der Waals surface area contributed by atoms with Crippen molar-refractivity contribution >= 4 is 11.3 Å². The van der Waals surface area contributed by atoms with Crippen LogP contribution in [0.5, 0.6) is 0 Å². The number of nitrogens with one attached hydrogen (secondary N) is 1. The van der Waals surface area contributed by atoms with E-state index in [4.69, 9.17) is 0 Å². The highest BCUT2D eigenvalue weighted by Gasteiger charge is 2.03. The average molecular weight is 235 g/mol. The van der Waals surface area contributed by atoms with Gasteiger partial charge in [-0.3, -0.25) is 0 Å². The van der Waals surface area contributed by atoms with E-state index in [9.17, 15) is 0 Å². The molecule has 86 valence electrons. The second-order valence-electron chi connectivity index (χ2n) is 3.76. The molecular formula is C12H17N3S. The van der Waals surface area contributed by atoms with Crippen molar-refractivity contribution in [2.75, 3.05) is 7.05 Å². The summed E-state index contributed by atoms with van der Waals surface area (Å²) in [5.74, 6) is 0. The molecule has 0 unspecified atom stereocenters. The first-order valence-electron chi connectivity index (χ1n) is 5.54. The van der Waals surface area contributed by atoms with E-state index in [2.05, 4.69) is 33.9 Å². The minimum atomic E-state index is 0.867. The lowest BCUT2D eigenvalue weighted by Crippen LogP contribution is -2.10. The molecule has 3 nitrogen and oxygen atoms in total. The zero-order valence-electron chi connectivity index (χ0n) is 9.73. The zero-order valence-corrected chi connectivity index (χ0v) is 10.5. The molecule has 2 heterocycles. The number of hydrogen-bond acceptors (Lipinski definition) is 3. The van der Waals surface area contributed by atoms with Crippen LogP contribution in [-0.4, -0.2) is 16.6 Å². The van der Waals surface area contributed by atoms with E-state index in [1.54, 1.807) is 0 Å². The number of hydrogen-bond donors (Lipinski definition) is 1. The molecule has 4 heteroatoms. The van der Waals surface area contributed by atoms with E-state index in [1.165, 1.54) is 15.4 Å². The molecule has 0 aliphatic carbocycles. The van der Waals surface area contributed by atoms with Crippen LogP contribution in [0, 0.1) is 0 Å². The molecule has 1 N–H and O–H groups in total. The summed E-state index contributed by atoms with van der Waals surface area (Å²) in [4.78, 5) is 7.04. The molecular weight excluding hydrogens is 218 g/mol. The summed E-state index contributed by atoms with van der Waals surface area (Å²) in [5.41, 5.74) is 1.23. The molecule has 0 radical (unpaired) electrons. The van der Waals surface area contributed by atoms with Gasteiger partial charge in [-0.2, -0.15) is 0 Å². The van der Waals surface area contributed by atoms with Gasteiger partial charge in [0, 0.05) is 22.5 Å². The molecule has 0 aliphatic heterocycles. The third-order valence-corrected chi connectivity index (χ3v) is 3.76. The number of aromatic nitrogens is 2. The average Bonchev–Trinajstić information content (AvgIpc) is 2.90. The summed E-state index contributed by atoms with van der Waals surface area (Å²) in [6.45, 7) is 3.99. The number of aryl methyl sites for hydroxylation is 1. The van der Waals surface area contributed by atoms with Crippen molar-refractivity contribution in [3.63, 3.8) is 0 Å². The lowest BCUT2D eigenvalue weighted by molar-refractivity contribution is 0.698. The molecule has 0 saturated carbocycles. The Labute approximate surface area is 100 Å². The molecule has 0 spiro atoms. The van der Waals surface area contributed by atoms with Crippen LogP contribution in [0.1, 0.15) is 22.4 Å². The van der Waals surface area contributed by atoms with Crippen LogP contribution in [0.2, 0.25) is 0 Å². The number of rotatable bonds is 5. The monoisotopic (exact) mass is 235 g/mol. The van der Waals surface area contributed by atoms with Crippen LogP contribution in [0.3, 0.4) is 0 Å². The summed E-state index contributed by atoms with van der Waals surface area (Å²) in [6, 6.07) is 4.43. The maximum Gasteiger partial charge on any atom is 0.0952 e. The molecule has 2 aromatic heterocycles. The zero-order chi connectivity index (χ0) is 11.4. The van der Waals surface area contributed by atoms with Gasteiger partial charge < -0.3 is 9.88 Å². The first kappa shape index (κ1) is 11.4. The molecule has 0 saturated heterocycles. The minimum Gasteiger partial charge on any atom is -0.328 e. The molecule has 0 aromatic carbocycles. The van der Waals surface area contributed by atoms with E-state index < -0.39 is 0 Å². The number of imidazole rings is 1. The predicted octanol–water partition coefficient (Wildman–Crippen LogP) is 2.27. The van der Waals surface area contributed by atoms with Crippen LogP contribution in [0.15, 0.2) is 24.7 Å². The maximum atomic E-state index is 4.19. The largest absolute Gasteiger partial charge is 0.328 e. The van der Waals surface area contributed by atoms with Gasteiger partial charge in [0.15, 0.2) is 0 Å². The molecule has 2 aromatic rings. The fourth-order valence-corrected chi connectivity index (χ4v) is 2.64. The molecule has 0 bridgehead atoms. The summed E-state index contributed by atoms with van der Waals surface area (Å²) >= 11 is 1.89. The van der Waals surface area contributed by atoms with Crippen LogP contribution in [0.25, 0.3) is 0 Å². The Balaban J connectivity index is 2.10. The fourth-order valence-electron chi connectivity index (χ4n) is 1.68. The van der Waals surface area contributed by atoms with E-state index >= 15 is 0 Å². The molecule has 16 heavy (non-hydrogen) atoms. The SMILES string of the molecule is CCc1ccc(Cn2cncc2CNC)s1. The van der Waals surface area contributed by atoms with Crippen LogP contribution >= 0.6 is 11.3 Å². The lowest BCUT2D eigenvalue weighted by Gasteiger charge is -2.05. The Hall–Kier alpha value is -1.13. The van der Waals surface area contributed by atoms with Crippen LogP contribution in [-0.2, 0) is 19.5 Å². The third kappa shape index (κ3) is 2.51. The Morgan fingerprint density at radius 3 is 2.88 bits per heavy atom. The molecule has 0 amide bonds. The van der Waals surface area contributed by atoms with Gasteiger partial charge in [0.1, 0.15) is 0 Å². The van der Waals surface area contributed by atoms with Gasteiger partial charge in [0.2, 0.25) is 0 Å². The summed E-state index contributed by atoms with van der Waals surface area (Å²) in [6.07, 6.45) is 4.95. The van der Waals surface area contributed by atoms with Crippen molar-refractivity contribution in [1.29, 1.82) is 0 Å². The Kier molecular flexibility index (Phi) is 3.74. The van der Waals surface area contributed by atoms with Crippen molar-refractivity contribution in [3.8, 4) is 0 Å². The van der Waals surface area contributed by atoms with Gasteiger partial charge in [-0.25, -0.2) is 4.98 Å². The third-order valence-electron chi connectivity index (χ3n) is 2.55. The van der Waals surface area contributed by atoms with E-state index in [0.29, 0.717) is 0 Å². The smallest absolute Gasteiger partial charge is 0.0952 e. The summed E-state index contributed by atoms with van der Waals surface area (Å²) < 4.78 is 2.20. The standard InChI is InChI=1S/C12H17N3S/c1-3-11-4-5-12(16-11)8-15-9-14-7-10(15)6-13-2/h4-5,7,9,13H,3,6,8H2,1-2H3. The van der Waals surface area contributed by atoms with Gasteiger partial charge in [-0.15, -0.1) is 11.3 Å². The highest BCUT2D eigenvalue weighted by Crippen LogP contribution is 2.18. The normalized spacial score (nSPS) is 10.9. The quantitative estimate of drug-likeness (QED) is 0.861. The Morgan fingerprint density at radius 2 is 2.19 bits per heavy atom. The number of thiophene rings is 1. The highest BCUT2D eigenvalue weighted by molar-refractivity contribution is 7.11. The Morgan fingerprint density at radius 1 is 1.38 bits per heavy atom. The minimum absolute atomic E-state index is 0.867. The predicted molar refractivity (Wildman–Crippen MR) is 67.8 cm³/mol. The van der Waals surface area contributed by atoms with E-state index in [0.717, 1.165) is 19.5 Å². The van der Waals surface area contributed by atoms with Gasteiger partial charge in [0.05, 0.1) is 18.6 Å². The van der Waals surface area contributed by atoms with Crippen molar-refractivity contribution < 1.29 is 0 Å². The van der Waals surface area contributed by atoms with E-state index in [-0.39, 0.29) is 0 Å². The lowest BCUT2D eigenvalue weighted by atomic mass is 10.3. The first-order valence-corrected chi connectivity index (χ1v) is 6.36. The second kappa shape index (κ2) is 5.27. The number of nitrogens with zero attached hydrogens (tertiary/aromatic N) is 2. The van der Waals surface area contributed by atoms with Gasteiger partial charge in [-0.05, 0) is 25.6 Å². The van der Waals surface area contributed by atoms with Gasteiger partial charge in [0.25, 0.3) is 0 Å². The molecule has 2 rings (SSSR count). The van der Waals surface area contributed by atoms with Crippen LogP contribution in [0.4, 0.5) is 0 Å². The summed E-state index contributed by atoms with van der Waals surface area (Å²) in [5, 5.41) is 3.16. The van der Waals surface area contributed by atoms with Crippen molar-refractivity contribution in [3.05, 3.63) is 40.1 Å². The fraction of sp³-hybridized carbons (Fsp3) is 0.417. The van der Waals surface area contributed by atoms with Crippen LogP contribution < -0.4 is 5.32 Å². The van der Waals surface area contributed by atoms with Gasteiger partial charge >= 0.3 is 0 Å². The second-order valence-corrected chi connectivity index (χ2v) is 5.02. The molecule has 0 fully saturated rings. The Bertz CT molecular complexity index is 445. The highest BCUT2D eigenvalue weighted by atomic mass is 32.1. The van der Waals surface area contributed by atoms with Gasteiger partial charge in [-0.1, -0.05) is 6.92 Å². The summed E-state index contributed by atoms with van der Waals surface area (Å²) in [7, 11) is 1.96. The molecule has 0 atom stereocenters. The molecule has 0 aliphatic rings. The van der Waals surface area contributed by atoms with Crippen molar-refractivity contribution in [1.82, 2.24) is 14.9 Å². The van der Waals surface area contributed by atoms with Crippen molar-refractivity contribution in [2.45, 2.75) is 26.4 Å². The van der Waals surface area contributed by atoms with E-state index in [1.807, 2.05) is 30.9 Å². The topological polar surface area (TPSA) is 29.9 Å². The maximum absolute atomic E-state index is 4.19.